The predicted octanol–water partition coefficient (Wildman–Crippen LogP) is 3.66. The van der Waals surface area contributed by atoms with Gasteiger partial charge in [0.05, 0.1) is 18.4 Å². The van der Waals surface area contributed by atoms with E-state index in [4.69, 9.17) is 4.74 Å². The Labute approximate surface area is 160 Å². The molecule has 0 saturated carbocycles. The molecule has 0 aliphatic carbocycles. The molecule has 1 heterocycles. The Balaban J connectivity index is 2.01. The molecule has 0 radical (unpaired) electrons. The van der Waals surface area contributed by atoms with Gasteiger partial charge in [0.25, 0.3) is 5.91 Å². The molecule has 5 nitrogen and oxygen atoms in total. The molecule has 1 aliphatic heterocycles. The number of rotatable bonds is 5. The standard InChI is InChI=1S/C21H23NO4S/c1-4-26-20-7-5-17(6-8-20)21(23)22(18-9-10-27(24,25)14-18)19-12-15(2)11-16(3)13-19/h5-13,18H,4,14H2,1-3H3. The van der Waals surface area contributed by atoms with E-state index in [9.17, 15) is 13.2 Å². The average molecular weight is 385 g/mol. The van der Waals surface area contributed by atoms with E-state index in [1.807, 2.05) is 39.0 Å². The molecular formula is C21H23NO4S. The van der Waals surface area contributed by atoms with Gasteiger partial charge in [-0.15, -0.1) is 0 Å². The summed E-state index contributed by atoms with van der Waals surface area (Å²) in [6, 6.07) is 12.2. The normalized spacial score (nSPS) is 17.7. The number of sulfone groups is 1. The molecule has 0 N–H and O–H groups in total. The van der Waals surface area contributed by atoms with Crippen molar-refractivity contribution < 1.29 is 17.9 Å². The molecule has 27 heavy (non-hydrogen) atoms. The molecule has 6 heteroatoms. The highest BCUT2D eigenvalue weighted by molar-refractivity contribution is 7.94. The molecule has 2 aromatic rings. The first kappa shape index (κ1) is 19.2. The molecular weight excluding hydrogens is 362 g/mol. The predicted molar refractivity (Wildman–Crippen MR) is 107 cm³/mol. The van der Waals surface area contributed by atoms with Gasteiger partial charge in [0.2, 0.25) is 0 Å². The van der Waals surface area contributed by atoms with Crippen molar-refractivity contribution in [3.63, 3.8) is 0 Å². The number of ether oxygens (including phenoxy) is 1. The minimum absolute atomic E-state index is 0.108. The summed E-state index contributed by atoms with van der Waals surface area (Å²) in [5.74, 6) is 0.341. The maximum atomic E-state index is 13.3. The van der Waals surface area contributed by atoms with E-state index in [-0.39, 0.29) is 11.7 Å². The Hall–Kier alpha value is -2.60. The van der Waals surface area contributed by atoms with Crippen LogP contribution in [-0.2, 0) is 9.84 Å². The molecule has 0 bridgehead atoms. The summed E-state index contributed by atoms with van der Waals surface area (Å²) >= 11 is 0. The molecule has 2 aromatic carbocycles. The van der Waals surface area contributed by atoms with Crippen LogP contribution in [0, 0.1) is 13.8 Å². The smallest absolute Gasteiger partial charge is 0.258 e. The number of hydrogen-bond acceptors (Lipinski definition) is 4. The number of amides is 1. The monoisotopic (exact) mass is 385 g/mol. The number of anilines is 1. The highest BCUT2D eigenvalue weighted by Gasteiger charge is 2.32. The Morgan fingerprint density at radius 1 is 1.11 bits per heavy atom. The van der Waals surface area contributed by atoms with Gasteiger partial charge in [0, 0.05) is 16.7 Å². The van der Waals surface area contributed by atoms with Crippen molar-refractivity contribution in [2.45, 2.75) is 26.8 Å². The fourth-order valence-corrected chi connectivity index (χ4v) is 4.54. The third-order valence-electron chi connectivity index (χ3n) is 4.36. The fourth-order valence-electron chi connectivity index (χ4n) is 3.27. The summed E-state index contributed by atoms with van der Waals surface area (Å²) in [6.45, 7) is 6.36. The minimum atomic E-state index is -3.29. The summed E-state index contributed by atoms with van der Waals surface area (Å²) < 4.78 is 29.3. The first-order valence-corrected chi connectivity index (χ1v) is 10.6. The van der Waals surface area contributed by atoms with Gasteiger partial charge in [-0.2, -0.15) is 0 Å². The molecule has 142 valence electrons. The van der Waals surface area contributed by atoms with Crippen LogP contribution in [0.4, 0.5) is 5.69 Å². The van der Waals surface area contributed by atoms with Crippen LogP contribution in [0.1, 0.15) is 28.4 Å². The van der Waals surface area contributed by atoms with E-state index in [2.05, 4.69) is 0 Å². The highest BCUT2D eigenvalue weighted by atomic mass is 32.2. The lowest BCUT2D eigenvalue weighted by Crippen LogP contribution is -2.41. The van der Waals surface area contributed by atoms with E-state index >= 15 is 0 Å². The van der Waals surface area contributed by atoms with Crippen LogP contribution in [0.3, 0.4) is 0 Å². The van der Waals surface area contributed by atoms with Crippen LogP contribution in [0.15, 0.2) is 53.9 Å². The van der Waals surface area contributed by atoms with Crippen molar-refractivity contribution in [3.05, 3.63) is 70.6 Å². The van der Waals surface area contributed by atoms with Gasteiger partial charge in [-0.3, -0.25) is 4.79 Å². The Morgan fingerprint density at radius 2 is 1.74 bits per heavy atom. The van der Waals surface area contributed by atoms with Gasteiger partial charge >= 0.3 is 0 Å². The lowest BCUT2D eigenvalue weighted by molar-refractivity contribution is 0.0983. The van der Waals surface area contributed by atoms with E-state index in [1.165, 1.54) is 5.41 Å². The second-order valence-electron chi connectivity index (χ2n) is 6.70. The molecule has 3 rings (SSSR count). The third kappa shape index (κ3) is 4.39. The third-order valence-corrected chi connectivity index (χ3v) is 5.74. The van der Waals surface area contributed by atoms with Gasteiger partial charge in [-0.05, 0) is 74.4 Å². The zero-order valence-corrected chi connectivity index (χ0v) is 16.5. The van der Waals surface area contributed by atoms with E-state index in [0.717, 1.165) is 11.1 Å². The SMILES string of the molecule is CCOc1ccc(C(=O)N(c2cc(C)cc(C)c2)C2C=CS(=O)(=O)C2)cc1. The summed E-state index contributed by atoms with van der Waals surface area (Å²) in [5, 5.41) is 1.19. The molecule has 1 aliphatic rings. The number of benzene rings is 2. The number of carbonyl (C=O) groups excluding carboxylic acids is 1. The Morgan fingerprint density at radius 3 is 2.26 bits per heavy atom. The van der Waals surface area contributed by atoms with Crippen molar-refractivity contribution in [1.82, 2.24) is 0 Å². The average Bonchev–Trinajstić information content (AvgIpc) is 2.94. The van der Waals surface area contributed by atoms with Crippen molar-refractivity contribution in [2.75, 3.05) is 17.3 Å². The van der Waals surface area contributed by atoms with Gasteiger partial charge < -0.3 is 9.64 Å². The summed E-state index contributed by atoms with van der Waals surface area (Å²) in [6.07, 6.45) is 1.58. The molecule has 0 fully saturated rings. The van der Waals surface area contributed by atoms with Crippen molar-refractivity contribution >= 4 is 21.4 Å². The number of hydrogen-bond donors (Lipinski definition) is 0. The van der Waals surface area contributed by atoms with Crippen LogP contribution in [0.25, 0.3) is 0 Å². The topological polar surface area (TPSA) is 63.7 Å². The molecule has 0 aromatic heterocycles. The van der Waals surface area contributed by atoms with E-state index in [0.29, 0.717) is 23.6 Å². The van der Waals surface area contributed by atoms with E-state index in [1.54, 1.807) is 35.2 Å². The summed E-state index contributed by atoms with van der Waals surface area (Å²) in [4.78, 5) is 14.9. The molecule has 0 saturated heterocycles. The summed E-state index contributed by atoms with van der Waals surface area (Å²) in [5.41, 5.74) is 3.20. The molecule has 1 amide bonds. The van der Waals surface area contributed by atoms with Crippen LogP contribution in [0.2, 0.25) is 0 Å². The van der Waals surface area contributed by atoms with Gasteiger partial charge in [0.15, 0.2) is 9.84 Å². The number of nitrogens with zero attached hydrogens (tertiary/aromatic N) is 1. The fraction of sp³-hybridized carbons (Fsp3) is 0.286. The van der Waals surface area contributed by atoms with Crippen molar-refractivity contribution in [3.8, 4) is 5.75 Å². The highest BCUT2D eigenvalue weighted by Crippen LogP contribution is 2.27. The molecule has 1 atom stereocenters. The second kappa shape index (κ2) is 7.56. The second-order valence-corrected chi connectivity index (χ2v) is 8.64. The lowest BCUT2D eigenvalue weighted by atomic mass is 10.1. The van der Waals surface area contributed by atoms with Gasteiger partial charge in [-0.1, -0.05) is 6.07 Å². The quantitative estimate of drug-likeness (QED) is 0.788. The lowest BCUT2D eigenvalue weighted by Gasteiger charge is -2.28. The first-order valence-electron chi connectivity index (χ1n) is 8.85. The number of aryl methyl sites for hydroxylation is 2. The number of carbonyl (C=O) groups is 1. The molecule has 0 spiro atoms. The van der Waals surface area contributed by atoms with Crippen LogP contribution >= 0.6 is 0 Å². The van der Waals surface area contributed by atoms with Crippen LogP contribution in [-0.4, -0.2) is 32.7 Å². The van der Waals surface area contributed by atoms with Gasteiger partial charge in [-0.25, -0.2) is 8.42 Å². The molecule has 1 unspecified atom stereocenters. The first-order chi connectivity index (χ1) is 12.8. The zero-order valence-electron chi connectivity index (χ0n) is 15.7. The Kier molecular flexibility index (Phi) is 5.37. The Bertz CT molecular complexity index is 957. The maximum Gasteiger partial charge on any atom is 0.258 e. The van der Waals surface area contributed by atoms with Gasteiger partial charge in [0.1, 0.15) is 5.75 Å². The van der Waals surface area contributed by atoms with Crippen molar-refractivity contribution in [2.24, 2.45) is 0 Å². The largest absolute Gasteiger partial charge is 0.494 e. The summed E-state index contributed by atoms with van der Waals surface area (Å²) in [7, 11) is -3.29. The zero-order chi connectivity index (χ0) is 19.6. The van der Waals surface area contributed by atoms with E-state index < -0.39 is 15.9 Å². The maximum absolute atomic E-state index is 13.3. The minimum Gasteiger partial charge on any atom is -0.494 e. The van der Waals surface area contributed by atoms with Crippen LogP contribution in [0.5, 0.6) is 5.75 Å². The van der Waals surface area contributed by atoms with Crippen molar-refractivity contribution in [1.29, 1.82) is 0 Å². The van der Waals surface area contributed by atoms with Crippen LogP contribution < -0.4 is 9.64 Å².